The Morgan fingerprint density at radius 3 is 2.56 bits per heavy atom. The zero-order valence-electron chi connectivity index (χ0n) is 10.7. The second-order valence-electron chi connectivity index (χ2n) is 5.08. The van der Waals surface area contributed by atoms with Crippen molar-refractivity contribution in [2.45, 2.75) is 38.7 Å². The van der Waals surface area contributed by atoms with E-state index in [9.17, 15) is 8.78 Å². The molecule has 1 saturated carbocycles. The number of halogens is 2. The molecule has 0 atom stereocenters. The van der Waals surface area contributed by atoms with Gasteiger partial charge in [0.25, 0.3) is 0 Å². The molecule has 1 aliphatic rings. The Morgan fingerprint density at radius 2 is 1.94 bits per heavy atom. The van der Waals surface area contributed by atoms with Gasteiger partial charge in [0.1, 0.15) is 11.5 Å². The molecule has 0 N–H and O–H groups in total. The van der Waals surface area contributed by atoms with Crippen molar-refractivity contribution < 1.29 is 18.3 Å². The van der Waals surface area contributed by atoms with Crippen LogP contribution in [0.3, 0.4) is 0 Å². The summed E-state index contributed by atoms with van der Waals surface area (Å²) in [5.41, 5.74) is 0. The van der Waals surface area contributed by atoms with Crippen molar-refractivity contribution in [2.24, 2.45) is 5.92 Å². The van der Waals surface area contributed by atoms with Gasteiger partial charge in [0.15, 0.2) is 0 Å². The van der Waals surface area contributed by atoms with Crippen molar-refractivity contribution >= 4 is 0 Å². The molecule has 4 heteroatoms. The highest BCUT2D eigenvalue weighted by Crippen LogP contribution is 2.42. The number of alkyl halides is 2. The molecule has 0 amide bonds. The van der Waals surface area contributed by atoms with Gasteiger partial charge in [-0.2, -0.15) is 0 Å². The molecule has 1 fully saturated rings. The van der Waals surface area contributed by atoms with E-state index in [1.54, 1.807) is 6.07 Å². The lowest BCUT2D eigenvalue weighted by Gasteiger charge is -2.34. The third-order valence-corrected chi connectivity index (χ3v) is 2.84. The van der Waals surface area contributed by atoms with Gasteiger partial charge in [0, 0.05) is 24.8 Å². The van der Waals surface area contributed by atoms with Crippen molar-refractivity contribution in [3.63, 3.8) is 0 Å². The van der Waals surface area contributed by atoms with Crippen molar-refractivity contribution in [1.29, 1.82) is 0 Å². The second-order valence-corrected chi connectivity index (χ2v) is 5.08. The smallest absolute Gasteiger partial charge is 0.248 e. The van der Waals surface area contributed by atoms with E-state index in [0.29, 0.717) is 12.4 Å². The van der Waals surface area contributed by atoms with Gasteiger partial charge in [-0.15, -0.1) is 0 Å². The maximum atomic E-state index is 12.6. The fourth-order valence-electron chi connectivity index (χ4n) is 2.03. The predicted octanol–water partition coefficient (Wildman–Crippen LogP) is 3.90. The molecule has 0 unspecified atom stereocenters. The van der Waals surface area contributed by atoms with E-state index >= 15 is 0 Å². The van der Waals surface area contributed by atoms with Gasteiger partial charge in [-0.05, 0) is 26.0 Å². The fraction of sp³-hybridized carbons (Fsp3) is 0.571. The number of benzene rings is 1. The molecule has 0 heterocycles. The molecule has 100 valence electrons. The lowest BCUT2D eigenvalue weighted by Crippen LogP contribution is -2.38. The predicted molar refractivity (Wildman–Crippen MR) is 65.4 cm³/mol. The minimum absolute atomic E-state index is 0.0327. The quantitative estimate of drug-likeness (QED) is 0.795. The zero-order valence-corrected chi connectivity index (χ0v) is 10.7. The van der Waals surface area contributed by atoms with E-state index in [0.717, 1.165) is 5.75 Å². The van der Waals surface area contributed by atoms with Crippen LogP contribution in [0.4, 0.5) is 8.78 Å². The molecule has 1 aliphatic carbocycles. The average Bonchev–Trinajstić information content (AvgIpc) is 2.23. The Kier molecular flexibility index (Phi) is 3.73. The Morgan fingerprint density at radius 1 is 1.28 bits per heavy atom. The highest BCUT2D eigenvalue weighted by molar-refractivity contribution is 5.33. The molecule has 0 aromatic heterocycles. The van der Waals surface area contributed by atoms with Crippen molar-refractivity contribution in [3.8, 4) is 11.5 Å². The van der Waals surface area contributed by atoms with Crippen LogP contribution in [0, 0.1) is 5.92 Å². The molecule has 0 spiro atoms. The molecule has 0 radical (unpaired) electrons. The first-order valence-corrected chi connectivity index (χ1v) is 6.22. The summed E-state index contributed by atoms with van der Waals surface area (Å²) in [4.78, 5) is 0. The van der Waals surface area contributed by atoms with Gasteiger partial charge in [0.05, 0.1) is 12.7 Å². The summed E-state index contributed by atoms with van der Waals surface area (Å²) in [6.07, 6.45) is -0.0183. The first kappa shape index (κ1) is 13.1. The van der Waals surface area contributed by atoms with Gasteiger partial charge >= 0.3 is 0 Å². The van der Waals surface area contributed by atoms with Crippen LogP contribution in [0.2, 0.25) is 0 Å². The van der Waals surface area contributed by atoms with Crippen LogP contribution in [-0.4, -0.2) is 18.6 Å². The van der Waals surface area contributed by atoms with Crippen molar-refractivity contribution in [2.75, 3.05) is 6.61 Å². The van der Waals surface area contributed by atoms with Gasteiger partial charge in [0.2, 0.25) is 5.92 Å². The summed E-state index contributed by atoms with van der Waals surface area (Å²) in [5.74, 6) is -1.10. The number of hydrogen-bond donors (Lipinski definition) is 0. The minimum atomic E-state index is -2.48. The summed E-state index contributed by atoms with van der Waals surface area (Å²) >= 11 is 0. The van der Waals surface area contributed by atoms with E-state index in [2.05, 4.69) is 0 Å². The summed E-state index contributed by atoms with van der Waals surface area (Å²) in [5, 5.41) is 0. The highest BCUT2D eigenvalue weighted by atomic mass is 19.3. The third kappa shape index (κ3) is 3.59. The van der Waals surface area contributed by atoms with Crippen LogP contribution in [0.1, 0.15) is 26.7 Å². The molecular weight excluding hydrogens is 238 g/mol. The van der Waals surface area contributed by atoms with Crippen LogP contribution in [0.15, 0.2) is 24.3 Å². The number of hydrogen-bond acceptors (Lipinski definition) is 2. The lowest BCUT2D eigenvalue weighted by atomic mass is 9.82. The first-order chi connectivity index (χ1) is 8.44. The van der Waals surface area contributed by atoms with Gasteiger partial charge in [-0.25, -0.2) is 8.78 Å². The summed E-state index contributed by atoms with van der Waals surface area (Å²) in [7, 11) is 0. The van der Waals surface area contributed by atoms with Crippen molar-refractivity contribution in [1.82, 2.24) is 0 Å². The average molecular weight is 256 g/mol. The molecule has 0 aliphatic heterocycles. The minimum Gasteiger partial charge on any atom is -0.493 e. The van der Waals surface area contributed by atoms with E-state index in [4.69, 9.17) is 9.47 Å². The molecule has 2 nitrogen and oxygen atoms in total. The largest absolute Gasteiger partial charge is 0.493 e. The Hall–Kier alpha value is -1.32. The monoisotopic (exact) mass is 256 g/mol. The van der Waals surface area contributed by atoms with Crippen LogP contribution in [0.25, 0.3) is 0 Å². The molecule has 0 bridgehead atoms. The lowest BCUT2D eigenvalue weighted by molar-refractivity contribution is -0.119. The highest BCUT2D eigenvalue weighted by Gasteiger charge is 2.45. The molecule has 1 aromatic rings. The third-order valence-electron chi connectivity index (χ3n) is 2.84. The normalized spacial score (nSPS) is 18.5. The van der Waals surface area contributed by atoms with Gasteiger partial charge in [-0.1, -0.05) is 6.07 Å². The van der Waals surface area contributed by atoms with E-state index in [1.165, 1.54) is 0 Å². The zero-order chi connectivity index (χ0) is 13.2. The molecular formula is C14H18F2O2. The van der Waals surface area contributed by atoms with Crippen LogP contribution in [-0.2, 0) is 0 Å². The van der Waals surface area contributed by atoms with Crippen LogP contribution in [0.5, 0.6) is 11.5 Å². The van der Waals surface area contributed by atoms with E-state index < -0.39 is 5.92 Å². The summed E-state index contributed by atoms with van der Waals surface area (Å²) < 4.78 is 36.3. The van der Waals surface area contributed by atoms with Gasteiger partial charge < -0.3 is 9.47 Å². The van der Waals surface area contributed by atoms with Crippen molar-refractivity contribution in [3.05, 3.63) is 24.3 Å². The Bertz CT molecular complexity index is 397. The standard InChI is InChI=1S/C14H18F2O2/c1-10(2)18-13-5-3-4-12(6-13)17-9-11-7-14(15,16)8-11/h3-6,10-11H,7-9H2,1-2H3. The summed E-state index contributed by atoms with van der Waals surface area (Å²) in [6.45, 7) is 4.24. The maximum absolute atomic E-state index is 12.6. The van der Waals surface area contributed by atoms with Gasteiger partial charge in [-0.3, -0.25) is 0 Å². The SMILES string of the molecule is CC(C)Oc1cccc(OCC2CC(F)(F)C2)c1. The maximum Gasteiger partial charge on any atom is 0.248 e. The Labute approximate surface area is 106 Å². The summed E-state index contributed by atoms with van der Waals surface area (Å²) in [6, 6.07) is 7.29. The van der Waals surface area contributed by atoms with E-state index in [-0.39, 0.29) is 24.9 Å². The molecule has 0 saturated heterocycles. The number of rotatable bonds is 5. The van der Waals surface area contributed by atoms with Crippen LogP contribution >= 0.6 is 0 Å². The van der Waals surface area contributed by atoms with E-state index in [1.807, 2.05) is 32.0 Å². The number of ether oxygens (including phenoxy) is 2. The molecule has 1 aromatic carbocycles. The van der Waals surface area contributed by atoms with Crippen LogP contribution < -0.4 is 9.47 Å². The molecule has 18 heavy (non-hydrogen) atoms. The fourth-order valence-corrected chi connectivity index (χ4v) is 2.03. The molecule has 2 rings (SSSR count). The topological polar surface area (TPSA) is 18.5 Å². The second kappa shape index (κ2) is 5.12. The first-order valence-electron chi connectivity index (χ1n) is 6.22. The Balaban J connectivity index is 1.82.